The van der Waals surface area contributed by atoms with Crippen molar-refractivity contribution in [3.63, 3.8) is 0 Å². The van der Waals surface area contributed by atoms with Gasteiger partial charge in [0.25, 0.3) is 0 Å². The van der Waals surface area contributed by atoms with Crippen LogP contribution in [0, 0.1) is 0 Å². The molecule has 94 valence electrons. The van der Waals surface area contributed by atoms with E-state index in [4.69, 9.17) is 5.11 Å². The smallest absolute Gasteiger partial charge is 0.0771 e. The fraction of sp³-hybridized carbons (Fsp3) is 0.571. The number of hydrogen-bond donors (Lipinski definition) is 3. The fourth-order valence-electron chi connectivity index (χ4n) is 2.18. The van der Waals surface area contributed by atoms with Crippen molar-refractivity contribution in [3.8, 4) is 0 Å². The third-order valence-corrected chi connectivity index (χ3v) is 3.66. The molecule has 0 radical (unpaired) electrons. The first kappa shape index (κ1) is 12.6. The largest absolute Gasteiger partial charge is 0.392 e. The van der Waals surface area contributed by atoms with Gasteiger partial charge in [-0.25, -0.2) is 0 Å². The lowest BCUT2D eigenvalue weighted by Gasteiger charge is -2.37. The highest BCUT2D eigenvalue weighted by atomic mass is 16.3. The molecule has 1 atom stereocenters. The van der Waals surface area contributed by atoms with Crippen LogP contribution in [0.4, 0.5) is 0 Å². The van der Waals surface area contributed by atoms with Crippen LogP contribution in [0.5, 0.6) is 0 Å². The van der Waals surface area contributed by atoms with E-state index < -0.39 is 5.60 Å². The van der Waals surface area contributed by atoms with E-state index in [1.165, 1.54) is 0 Å². The minimum atomic E-state index is -0.483. The van der Waals surface area contributed by atoms with Gasteiger partial charge in [0.2, 0.25) is 0 Å². The first-order valence-electron chi connectivity index (χ1n) is 6.28. The van der Waals surface area contributed by atoms with Gasteiger partial charge in [0.15, 0.2) is 0 Å². The lowest BCUT2D eigenvalue weighted by atomic mass is 9.80. The SMILES string of the molecule is CC(NCC1(O)CCC1)c1cccc(CO)c1. The zero-order chi connectivity index (χ0) is 12.3. The highest BCUT2D eigenvalue weighted by molar-refractivity contribution is 5.25. The summed E-state index contributed by atoms with van der Waals surface area (Å²) in [6.45, 7) is 2.81. The Kier molecular flexibility index (Phi) is 3.82. The van der Waals surface area contributed by atoms with Gasteiger partial charge in [-0.3, -0.25) is 0 Å². The van der Waals surface area contributed by atoms with E-state index in [0.717, 1.165) is 30.4 Å². The number of benzene rings is 1. The van der Waals surface area contributed by atoms with Crippen molar-refractivity contribution >= 4 is 0 Å². The average Bonchev–Trinajstić information content (AvgIpc) is 2.33. The Bertz CT molecular complexity index is 374. The Morgan fingerprint density at radius 2 is 2.18 bits per heavy atom. The lowest BCUT2D eigenvalue weighted by molar-refractivity contribution is -0.0329. The fourth-order valence-corrected chi connectivity index (χ4v) is 2.18. The predicted octanol–water partition coefficient (Wildman–Crippen LogP) is 1.74. The number of nitrogens with one attached hydrogen (secondary N) is 1. The zero-order valence-electron chi connectivity index (χ0n) is 10.3. The maximum Gasteiger partial charge on any atom is 0.0771 e. The molecule has 1 aliphatic rings. The highest BCUT2D eigenvalue weighted by Crippen LogP contribution is 2.31. The van der Waals surface area contributed by atoms with Gasteiger partial charge < -0.3 is 15.5 Å². The topological polar surface area (TPSA) is 52.5 Å². The standard InChI is InChI=1S/C14H21NO2/c1-11(15-10-14(17)6-3-7-14)13-5-2-4-12(8-13)9-16/h2,4-5,8,11,15-17H,3,6-7,9-10H2,1H3. The summed E-state index contributed by atoms with van der Waals surface area (Å²) < 4.78 is 0. The molecule has 0 aliphatic heterocycles. The van der Waals surface area contributed by atoms with Gasteiger partial charge >= 0.3 is 0 Å². The molecule has 3 heteroatoms. The number of hydrogen-bond acceptors (Lipinski definition) is 3. The quantitative estimate of drug-likeness (QED) is 0.728. The van der Waals surface area contributed by atoms with Gasteiger partial charge in [0.1, 0.15) is 0 Å². The predicted molar refractivity (Wildman–Crippen MR) is 67.6 cm³/mol. The first-order chi connectivity index (χ1) is 8.13. The second kappa shape index (κ2) is 5.17. The molecule has 0 heterocycles. The summed E-state index contributed by atoms with van der Waals surface area (Å²) in [6, 6.07) is 8.11. The molecule has 0 spiro atoms. The van der Waals surface area contributed by atoms with Crippen LogP contribution in [0.2, 0.25) is 0 Å². The van der Waals surface area contributed by atoms with Crippen LogP contribution in [0.15, 0.2) is 24.3 Å². The zero-order valence-corrected chi connectivity index (χ0v) is 10.3. The van der Waals surface area contributed by atoms with Gasteiger partial charge in [0.05, 0.1) is 12.2 Å². The van der Waals surface area contributed by atoms with Crippen LogP contribution in [0.25, 0.3) is 0 Å². The average molecular weight is 235 g/mol. The molecular weight excluding hydrogens is 214 g/mol. The molecule has 2 rings (SSSR count). The van der Waals surface area contributed by atoms with Gasteiger partial charge in [-0.15, -0.1) is 0 Å². The minimum Gasteiger partial charge on any atom is -0.392 e. The number of aliphatic hydroxyl groups is 2. The normalized spacial score (nSPS) is 19.7. The molecule has 3 nitrogen and oxygen atoms in total. The summed E-state index contributed by atoms with van der Waals surface area (Å²) >= 11 is 0. The van der Waals surface area contributed by atoms with Gasteiger partial charge in [0, 0.05) is 12.6 Å². The molecule has 0 bridgehead atoms. The van der Waals surface area contributed by atoms with Crippen molar-refractivity contribution in [2.45, 2.75) is 44.4 Å². The lowest BCUT2D eigenvalue weighted by Crippen LogP contribution is -2.46. The van der Waals surface area contributed by atoms with E-state index in [1.807, 2.05) is 24.3 Å². The third-order valence-electron chi connectivity index (χ3n) is 3.66. The van der Waals surface area contributed by atoms with Crippen molar-refractivity contribution in [2.75, 3.05) is 6.54 Å². The van der Waals surface area contributed by atoms with E-state index >= 15 is 0 Å². The molecule has 1 aromatic rings. The van der Waals surface area contributed by atoms with Crippen LogP contribution in [0.1, 0.15) is 43.4 Å². The summed E-state index contributed by atoms with van der Waals surface area (Å²) in [4.78, 5) is 0. The monoisotopic (exact) mass is 235 g/mol. The molecule has 17 heavy (non-hydrogen) atoms. The summed E-state index contributed by atoms with van der Waals surface area (Å²) in [5.74, 6) is 0. The number of aliphatic hydroxyl groups excluding tert-OH is 1. The molecule has 0 amide bonds. The molecule has 1 saturated carbocycles. The van der Waals surface area contributed by atoms with Crippen molar-refractivity contribution < 1.29 is 10.2 Å². The van der Waals surface area contributed by atoms with Crippen LogP contribution < -0.4 is 5.32 Å². The summed E-state index contributed by atoms with van der Waals surface area (Å²) in [6.07, 6.45) is 2.94. The van der Waals surface area contributed by atoms with E-state index in [1.54, 1.807) is 0 Å². The van der Waals surface area contributed by atoms with Crippen molar-refractivity contribution in [3.05, 3.63) is 35.4 Å². The van der Waals surface area contributed by atoms with E-state index in [-0.39, 0.29) is 12.6 Å². The summed E-state index contributed by atoms with van der Waals surface area (Å²) in [5.41, 5.74) is 1.60. The molecule has 1 fully saturated rings. The molecule has 1 unspecified atom stereocenters. The van der Waals surface area contributed by atoms with Gasteiger partial charge in [-0.2, -0.15) is 0 Å². The first-order valence-corrected chi connectivity index (χ1v) is 6.28. The highest BCUT2D eigenvalue weighted by Gasteiger charge is 2.34. The second-order valence-electron chi connectivity index (χ2n) is 5.08. The van der Waals surface area contributed by atoms with E-state index in [0.29, 0.717) is 6.54 Å². The Morgan fingerprint density at radius 1 is 1.41 bits per heavy atom. The molecule has 0 aromatic heterocycles. The summed E-state index contributed by atoms with van der Waals surface area (Å²) in [5, 5.41) is 22.5. The molecule has 0 saturated heterocycles. The Labute approximate surface area is 102 Å². The maximum absolute atomic E-state index is 10.0. The maximum atomic E-state index is 10.0. The van der Waals surface area contributed by atoms with Crippen LogP contribution in [-0.4, -0.2) is 22.4 Å². The van der Waals surface area contributed by atoms with Crippen LogP contribution in [-0.2, 0) is 6.61 Å². The van der Waals surface area contributed by atoms with E-state index in [9.17, 15) is 5.11 Å². The molecular formula is C14H21NO2. The molecule has 1 aromatic carbocycles. The Hall–Kier alpha value is -0.900. The van der Waals surface area contributed by atoms with Gasteiger partial charge in [-0.05, 0) is 37.3 Å². The van der Waals surface area contributed by atoms with Crippen molar-refractivity contribution in [1.82, 2.24) is 5.32 Å². The molecule has 1 aliphatic carbocycles. The summed E-state index contributed by atoms with van der Waals surface area (Å²) in [7, 11) is 0. The second-order valence-corrected chi connectivity index (χ2v) is 5.08. The van der Waals surface area contributed by atoms with Gasteiger partial charge in [-0.1, -0.05) is 24.3 Å². The Balaban J connectivity index is 1.91. The van der Waals surface area contributed by atoms with Crippen LogP contribution in [0.3, 0.4) is 0 Å². The van der Waals surface area contributed by atoms with Crippen LogP contribution >= 0.6 is 0 Å². The molecule has 3 N–H and O–H groups in total. The van der Waals surface area contributed by atoms with E-state index in [2.05, 4.69) is 12.2 Å². The Morgan fingerprint density at radius 3 is 2.76 bits per heavy atom. The number of rotatable bonds is 5. The minimum absolute atomic E-state index is 0.0739. The third kappa shape index (κ3) is 3.06. The van der Waals surface area contributed by atoms with Crippen molar-refractivity contribution in [1.29, 1.82) is 0 Å². The van der Waals surface area contributed by atoms with Crippen molar-refractivity contribution in [2.24, 2.45) is 0 Å².